The number of anilines is 1. The first kappa shape index (κ1) is 20.4. The van der Waals surface area contributed by atoms with Crippen molar-refractivity contribution in [3.63, 3.8) is 0 Å². The monoisotopic (exact) mass is 383 g/mol. The summed E-state index contributed by atoms with van der Waals surface area (Å²) in [5.41, 5.74) is 3.44. The van der Waals surface area contributed by atoms with Crippen LogP contribution in [0.1, 0.15) is 62.3 Å². The van der Waals surface area contributed by atoms with Crippen LogP contribution in [0.4, 0.5) is 5.82 Å². The van der Waals surface area contributed by atoms with E-state index in [2.05, 4.69) is 19.1 Å². The lowest BCUT2D eigenvalue weighted by molar-refractivity contribution is -0.118. The number of hydrogen-bond donors (Lipinski definition) is 0. The number of carbonyl (C=O) groups excluding carboxylic acids is 1. The predicted octanol–water partition coefficient (Wildman–Crippen LogP) is 4.88. The first-order chi connectivity index (χ1) is 13.5. The number of nitrogens with zero attached hydrogens (tertiary/aromatic N) is 3. The molecule has 2 aromatic rings. The molecule has 1 aromatic heterocycles. The summed E-state index contributed by atoms with van der Waals surface area (Å²) in [5, 5.41) is 4.78. The van der Waals surface area contributed by atoms with Gasteiger partial charge in [-0.1, -0.05) is 38.7 Å². The molecule has 0 spiro atoms. The van der Waals surface area contributed by atoms with Crippen LogP contribution in [0.25, 0.3) is 0 Å². The predicted molar refractivity (Wildman–Crippen MR) is 113 cm³/mol. The molecule has 0 saturated heterocycles. The number of benzene rings is 1. The largest absolute Gasteiger partial charge is 0.497 e. The van der Waals surface area contributed by atoms with Gasteiger partial charge in [-0.25, -0.2) is 0 Å². The van der Waals surface area contributed by atoms with Crippen LogP contribution in [0.3, 0.4) is 0 Å². The molecule has 1 amide bonds. The Kier molecular flexibility index (Phi) is 6.76. The summed E-state index contributed by atoms with van der Waals surface area (Å²) in [4.78, 5) is 14.4. The zero-order valence-corrected chi connectivity index (χ0v) is 17.7. The molecule has 5 nitrogen and oxygen atoms in total. The summed E-state index contributed by atoms with van der Waals surface area (Å²) in [6.07, 6.45) is 6.83. The molecular weight excluding hydrogens is 350 g/mol. The van der Waals surface area contributed by atoms with E-state index in [1.165, 1.54) is 36.8 Å². The van der Waals surface area contributed by atoms with Crippen LogP contribution in [-0.2, 0) is 11.3 Å². The second-order valence-corrected chi connectivity index (χ2v) is 7.93. The topological polar surface area (TPSA) is 47.4 Å². The van der Waals surface area contributed by atoms with Gasteiger partial charge in [-0.3, -0.25) is 14.4 Å². The van der Waals surface area contributed by atoms with E-state index in [-0.39, 0.29) is 5.91 Å². The number of amides is 1. The number of aromatic nitrogens is 2. The number of methoxy groups -OCH3 is 1. The third-order valence-electron chi connectivity index (χ3n) is 5.67. The minimum atomic E-state index is 0.147. The van der Waals surface area contributed by atoms with Gasteiger partial charge in [0.2, 0.25) is 5.91 Å². The molecule has 3 rings (SSSR count). The normalized spacial score (nSPS) is 13.6. The van der Waals surface area contributed by atoms with E-state index in [9.17, 15) is 4.79 Å². The zero-order valence-electron chi connectivity index (χ0n) is 17.7. The lowest BCUT2D eigenvalue weighted by atomic mass is 10.1. The van der Waals surface area contributed by atoms with Crippen molar-refractivity contribution in [3.05, 3.63) is 41.1 Å². The van der Waals surface area contributed by atoms with Gasteiger partial charge in [0.05, 0.1) is 13.7 Å². The summed E-state index contributed by atoms with van der Waals surface area (Å²) in [6, 6.07) is 8.14. The Morgan fingerprint density at radius 3 is 2.71 bits per heavy atom. The second-order valence-electron chi connectivity index (χ2n) is 7.93. The molecule has 152 valence electrons. The van der Waals surface area contributed by atoms with Gasteiger partial charge in [0, 0.05) is 24.7 Å². The first-order valence-corrected chi connectivity index (χ1v) is 10.5. The van der Waals surface area contributed by atoms with Gasteiger partial charge in [-0.15, -0.1) is 0 Å². The van der Waals surface area contributed by atoms with E-state index in [0.29, 0.717) is 13.0 Å². The zero-order chi connectivity index (χ0) is 20.1. The fraction of sp³-hybridized carbons (Fsp3) is 0.565. The summed E-state index contributed by atoms with van der Waals surface area (Å²) in [7, 11) is 1.68. The van der Waals surface area contributed by atoms with Crippen LogP contribution >= 0.6 is 0 Å². The van der Waals surface area contributed by atoms with Gasteiger partial charge < -0.3 is 4.74 Å². The highest BCUT2D eigenvalue weighted by Crippen LogP contribution is 2.34. The number of ether oxygens (including phenoxy) is 1. The summed E-state index contributed by atoms with van der Waals surface area (Å²) >= 11 is 0. The third kappa shape index (κ3) is 5.15. The molecule has 0 radical (unpaired) electrons. The quantitative estimate of drug-likeness (QED) is 0.549. The number of unbranched alkanes of at least 4 members (excludes halogenated alkanes) is 1. The van der Waals surface area contributed by atoms with Crippen LogP contribution < -0.4 is 9.64 Å². The highest BCUT2D eigenvalue weighted by Gasteiger charge is 2.22. The molecular formula is C23H33N3O2. The Morgan fingerprint density at radius 1 is 1.25 bits per heavy atom. The molecule has 0 atom stereocenters. The minimum Gasteiger partial charge on any atom is -0.497 e. The van der Waals surface area contributed by atoms with Gasteiger partial charge in [-0.2, -0.15) is 5.10 Å². The first-order valence-electron chi connectivity index (χ1n) is 10.5. The van der Waals surface area contributed by atoms with Crippen molar-refractivity contribution in [2.75, 3.05) is 18.6 Å². The van der Waals surface area contributed by atoms with Crippen LogP contribution in [0.2, 0.25) is 0 Å². The highest BCUT2D eigenvalue weighted by atomic mass is 16.5. The second kappa shape index (κ2) is 9.26. The van der Waals surface area contributed by atoms with Crippen molar-refractivity contribution in [3.8, 4) is 5.75 Å². The molecule has 28 heavy (non-hydrogen) atoms. The SMILES string of the molecule is CCC(=O)N(CCCCC1CC1)c1cc(C)n(Cc2cc(OC)ccc2C)n1. The van der Waals surface area contributed by atoms with Crippen molar-refractivity contribution in [2.24, 2.45) is 5.92 Å². The van der Waals surface area contributed by atoms with E-state index < -0.39 is 0 Å². The molecule has 0 aliphatic heterocycles. The van der Waals surface area contributed by atoms with Crippen molar-refractivity contribution in [1.82, 2.24) is 9.78 Å². The third-order valence-corrected chi connectivity index (χ3v) is 5.67. The maximum Gasteiger partial charge on any atom is 0.227 e. The molecule has 5 heteroatoms. The van der Waals surface area contributed by atoms with Crippen LogP contribution in [-0.4, -0.2) is 29.3 Å². The van der Waals surface area contributed by atoms with E-state index in [1.807, 2.05) is 35.6 Å². The van der Waals surface area contributed by atoms with Gasteiger partial charge in [0.1, 0.15) is 5.75 Å². The van der Waals surface area contributed by atoms with Crippen LogP contribution in [0.15, 0.2) is 24.3 Å². The van der Waals surface area contributed by atoms with Gasteiger partial charge in [0.25, 0.3) is 0 Å². The van der Waals surface area contributed by atoms with E-state index in [0.717, 1.165) is 36.1 Å². The number of carbonyl (C=O) groups is 1. The van der Waals surface area contributed by atoms with Gasteiger partial charge >= 0.3 is 0 Å². The van der Waals surface area contributed by atoms with Crippen molar-refractivity contribution >= 4 is 11.7 Å². The highest BCUT2D eigenvalue weighted by molar-refractivity contribution is 5.92. The van der Waals surface area contributed by atoms with Gasteiger partial charge in [0.15, 0.2) is 5.82 Å². The Morgan fingerprint density at radius 2 is 2.04 bits per heavy atom. The fourth-order valence-electron chi connectivity index (χ4n) is 3.56. The molecule has 1 aromatic carbocycles. The molecule has 0 unspecified atom stereocenters. The van der Waals surface area contributed by atoms with E-state index >= 15 is 0 Å². The molecule has 1 heterocycles. The molecule has 1 aliphatic rings. The van der Waals surface area contributed by atoms with E-state index in [1.54, 1.807) is 7.11 Å². The number of rotatable bonds is 10. The van der Waals surface area contributed by atoms with Crippen molar-refractivity contribution in [1.29, 1.82) is 0 Å². The Labute approximate surface area is 168 Å². The average molecular weight is 384 g/mol. The summed E-state index contributed by atoms with van der Waals surface area (Å²) in [5.74, 6) is 2.72. The van der Waals surface area contributed by atoms with E-state index in [4.69, 9.17) is 9.84 Å². The smallest absolute Gasteiger partial charge is 0.227 e. The van der Waals surface area contributed by atoms with Crippen LogP contribution in [0, 0.1) is 19.8 Å². The lowest BCUT2D eigenvalue weighted by Crippen LogP contribution is -2.31. The number of hydrogen-bond acceptors (Lipinski definition) is 3. The molecule has 1 fully saturated rings. The standard InChI is InChI=1S/C23H33N3O2/c1-5-23(27)25(13-7-6-8-19-10-11-19)22-14-18(3)26(24-22)16-20-15-21(28-4)12-9-17(20)2/h9,12,14-15,19H,5-8,10-11,13,16H2,1-4H3. The van der Waals surface area contributed by atoms with Crippen LogP contribution in [0.5, 0.6) is 5.75 Å². The molecule has 0 bridgehead atoms. The molecule has 1 aliphatic carbocycles. The average Bonchev–Trinajstić information content (AvgIpc) is 3.45. The van der Waals surface area contributed by atoms with Crippen molar-refractivity contribution < 1.29 is 9.53 Å². The fourth-order valence-corrected chi connectivity index (χ4v) is 3.56. The van der Waals surface area contributed by atoms with Crippen molar-refractivity contribution in [2.45, 2.75) is 65.8 Å². The minimum absolute atomic E-state index is 0.147. The molecule has 0 N–H and O–H groups in total. The summed E-state index contributed by atoms with van der Waals surface area (Å²) < 4.78 is 7.34. The maximum absolute atomic E-state index is 12.5. The lowest BCUT2D eigenvalue weighted by Gasteiger charge is -2.19. The maximum atomic E-state index is 12.5. The van der Waals surface area contributed by atoms with Gasteiger partial charge in [-0.05, 0) is 49.4 Å². The summed E-state index contributed by atoms with van der Waals surface area (Å²) in [6.45, 7) is 7.50. The molecule has 1 saturated carbocycles. The Hall–Kier alpha value is -2.30. The Bertz CT molecular complexity index is 808. The number of aryl methyl sites for hydroxylation is 2. The Balaban J connectivity index is 1.72.